The van der Waals surface area contributed by atoms with Gasteiger partial charge in [0.15, 0.2) is 0 Å². The van der Waals surface area contributed by atoms with Gasteiger partial charge in [-0.05, 0) is 29.3 Å². The summed E-state index contributed by atoms with van der Waals surface area (Å²) >= 11 is 6.16. The van der Waals surface area contributed by atoms with Gasteiger partial charge >= 0.3 is 0 Å². The molecule has 116 valence electrons. The highest BCUT2D eigenvalue weighted by molar-refractivity contribution is 8.23. The highest BCUT2D eigenvalue weighted by Crippen LogP contribution is 2.45. The molecule has 2 aromatic carbocycles. The highest BCUT2D eigenvalue weighted by Gasteiger charge is 2.18. The van der Waals surface area contributed by atoms with Gasteiger partial charge in [0.2, 0.25) is 0 Å². The molecule has 0 spiro atoms. The molecule has 0 radical (unpaired) electrons. The number of unbranched alkanes of at least 4 members (excludes halogenated alkanes) is 4. The van der Waals surface area contributed by atoms with Crippen LogP contribution in [-0.2, 0) is 11.8 Å². The zero-order valence-electron chi connectivity index (χ0n) is 13.3. The lowest BCUT2D eigenvalue weighted by Gasteiger charge is -2.19. The van der Waals surface area contributed by atoms with E-state index in [0.29, 0.717) is 0 Å². The van der Waals surface area contributed by atoms with Crippen molar-refractivity contribution in [2.45, 2.75) is 39.0 Å². The molecule has 0 atom stereocenters. The normalized spacial score (nSPS) is 11.9. The van der Waals surface area contributed by atoms with Crippen molar-refractivity contribution in [2.75, 3.05) is 0 Å². The Hall–Kier alpha value is -1.17. The van der Waals surface area contributed by atoms with E-state index < -0.39 is 6.04 Å². The van der Waals surface area contributed by atoms with Crippen LogP contribution in [0.2, 0.25) is 0 Å². The lowest BCUT2D eigenvalue weighted by Crippen LogP contribution is -2.13. The molecular formula is C20H25PS. The maximum absolute atomic E-state index is 6.16. The van der Waals surface area contributed by atoms with E-state index in [4.69, 9.17) is 11.8 Å². The fourth-order valence-electron chi connectivity index (χ4n) is 2.53. The quantitative estimate of drug-likeness (QED) is 0.449. The molecule has 22 heavy (non-hydrogen) atoms. The van der Waals surface area contributed by atoms with E-state index in [1.54, 1.807) is 0 Å². The van der Waals surface area contributed by atoms with E-state index in [1.807, 2.05) is 0 Å². The number of rotatable bonds is 8. The van der Waals surface area contributed by atoms with Crippen LogP contribution < -0.4 is 10.6 Å². The van der Waals surface area contributed by atoms with E-state index in [9.17, 15) is 0 Å². The topological polar surface area (TPSA) is 0 Å². The Morgan fingerprint density at radius 1 is 0.818 bits per heavy atom. The number of hydrogen-bond donors (Lipinski definition) is 0. The minimum Gasteiger partial charge on any atom is -0.0832 e. The molecule has 0 aliphatic heterocycles. The van der Waals surface area contributed by atoms with Gasteiger partial charge in [0.25, 0.3) is 0 Å². The lowest BCUT2D eigenvalue weighted by molar-refractivity contribution is 0.675. The van der Waals surface area contributed by atoms with Gasteiger partial charge in [-0.15, -0.1) is 0 Å². The molecule has 0 bridgehead atoms. The second-order valence-corrected chi connectivity index (χ2v) is 9.94. The summed E-state index contributed by atoms with van der Waals surface area (Å²) in [7, 11) is 0. The molecule has 0 fully saturated rings. The van der Waals surface area contributed by atoms with E-state index in [2.05, 4.69) is 79.5 Å². The van der Waals surface area contributed by atoms with Crippen molar-refractivity contribution in [2.24, 2.45) is 0 Å². The summed E-state index contributed by atoms with van der Waals surface area (Å²) in [6, 6.07) is 19.4. The third kappa shape index (κ3) is 4.66. The van der Waals surface area contributed by atoms with Gasteiger partial charge in [-0.2, -0.15) is 0 Å². The first-order valence-electron chi connectivity index (χ1n) is 8.16. The predicted octanol–water partition coefficient (Wildman–Crippen LogP) is 5.60. The van der Waals surface area contributed by atoms with Crippen molar-refractivity contribution >= 4 is 28.5 Å². The molecule has 2 heteroatoms. The molecule has 0 amide bonds. The first-order chi connectivity index (χ1) is 10.8. The molecule has 0 saturated heterocycles. The Morgan fingerprint density at radius 3 is 1.86 bits per heavy atom. The van der Waals surface area contributed by atoms with Crippen molar-refractivity contribution in [1.82, 2.24) is 0 Å². The summed E-state index contributed by atoms with van der Waals surface area (Å²) in [5.74, 6) is 2.32. The summed E-state index contributed by atoms with van der Waals surface area (Å²) in [6.45, 7) is 2.25. The molecule has 0 nitrogen and oxygen atoms in total. The van der Waals surface area contributed by atoms with E-state index in [0.717, 1.165) is 6.42 Å². The minimum atomic E-state index is -1.83. The van der Waals surface area contributed by atoms with Crippen molar-refractivity contribution in [3.05, 3.63) is 72.6 Å². The Morgan fingerprint density at radius 2 is 1.36 bits per heavy atom. The van der Waals surface area contributed by atoms with Gasteiger partial charge in [-0.3, -0.25) is 0 Å². The molecule has 2 rings (SSSR count). The SMILES string of the molecule is CCCCCC/C=C\P(=S)(c1ccccc1)c1ccccc1. The molecule has 0 aliphatic rings. The number of benzene rings is 2. The highest BCUT2D eigenvalue weighted by atomic mass is 32.4. The Bertz CT molecular complexity index is 573. The first-order valence-corrected chi connectivity index (χ1v) is 11.0. The standard InChI is InChI=1S/C20H25PS/c1-2-3-4-5-6-13-18-21(22,19-14-9-7-10-15-19)20-16-11-8-12-17-20/h7-18H,2-6H2,1H3/b18-13-. The maximum atomic E-state index is 6.16. The number of allylic oxidation sites excluding steroid dienone is 1. The maximum Gasteiger partial charge on any atom is 0.0307 e. The van der Waals surface area contributed by atoms with E-state index in [1.165, 1.54) is 36.3 Å². The zero-order valence-corrected chi connectivity index (χ0v) is 15.0. The third-order valence-electron chi connectivity index (χ3n) is 3.82. The zero-order chi connectivity index (χ0) is 15.7. The second kappa shape index (κ2) is 9.08. The fourth-order valence-corrected chi connectivity index (χ4v) is 5.84. The van der Waals surface area contributed by atoms with Gasteiger partial charge < -0.3 is 0 Å². The van der Waals surface area contributed by atoms with Crippen LogP contribution in [0.4, 0.5) is 0 Å². The van der Waals surface area contributed by atoms with Gasteiger partial charge in [0, 0.05) is 6.04 Å². The van der Waals surface area contributed by atoms with Crippen LogP contribution in [0.25, 0.3) is 0 Å². The van der Waals surface area contributed by atoms with Gasteiger partial charge in [0.05, 0.1) is 0 Å². The molecule has 0 aromatic heterocycles. The molecular weight excluding hydrogens is 303 g/mol. The molecule has 0 N–H and O–H groups in total. The molecule has 2 aromatic rings. The van der Waals surface area contributed by atoms with E-state index >= 15 is 0 Å². The van der Waals surface area contributed by atoms with E-state index in [-0.39, 0.29) is 0 Å². The summed E-state index contributed by atoms with van der Waals surface area (Å²) in [5.41, 5.74) is 0. The van der Waals surface area contributed by atoms with Crippen LogP contribution in [-0.4, -0.2) is 0 Å². The fraction of sp³-hybridized carbons (Fsp3) is 0.300. The molecule has 0 unspecified atom stereocenters. The second-order valence-electron chi connectivity index (χ2n) is 5.56. The van der Waals surface area contributed by atoms with Crippen molar-refractivity contribution < 1.29 is 0 Å². The summed E-state index contributed by atoms with van der Waals surface area (Å²) in [5, 5.41) is 2.56. The van der Waals surface area contributed by atoms with Crippen molar-refractivity contribution in [3.8, 4) is 0 Å². The van der Waals surface area contributed by atoms with Crippen LogP contribution in [0.1, 0.15) is 39.0 Å². The van der Waals surface area contributed by atoms with Crippen LogP contribution in [0.3, 0.4) is 0 Å². The Kier molecular flexibility index (Phi) is 7.09. The lowest BCUT2D eigenvalue weighted by atomic mass is 10.2. The average molecular weight is 328 g/mol. The summed E-state index contributed by atoms with van der Waals surface area (Å²) in [6.07, 6.45) is 8.66. The Labute approximate surface area is 140 Å². The average Bonchev–Trinajstić information content (AvgIpc) is 2.59. The van der Waals surface area contributed by atoms with Gasteiger partial charge in [-0.25, -0.2) is 0 Å². The van der Waals surface area contributed by atoms with Gasteiger partial charge in [0.1, 0.15) is 0 Å². The van der Waals surface area contributed by atoms with Crippen molar-refractivity contribution in [3.63, 3.8) is 0 Å². The monoisotopic (exact) mass is 328 g/mol. The molecule has 0 aliphatic carbocycles. The van der Waals surface area contributed by atoms with Crippen LogP contribution >= 0.6 is 6.04 Å². The third-order valence-corrected chi connectivity index (χ3v) is 8.21. The number of hydrogen-bond acceptors (Lipinski definition) is 1. The molecule has 0 saturated carbocycles. The Balaban J connectivity index is 2.20. The van der Waals surface area contributed by atoms with Crippen LogP contribution in [0, 0.1) is 0 Å². The largest absolute Gasteiger partial charge is 0.0832 e. The smallest absolute Gasteiger partial charge is 0.0307 e. The van der Waals surface area contributed by atoms with Gasteiger partial charge in [-0.1, -0.05) is 105 Å². The van der Waals surface area contributed by atoms with Crippen LogP contribution in [0.5, 0.6) is 0 Å². The molecule has 0 heterocycles. The summed E-state index contributed by atoms with van der Waals surface area (Å²) in [4.78, 5) is 0. The summed E-state index contributed by atoms with van der Waals surface area (Å²) < 4.78 is 0. The predicted molar refractivity (Wildman–Crippen MR) is 104 cm³/mol. The first kappa shape index (κ1) is 17.2. The van der Waals surface area contributed by atoms with Crippen LogP contribution in [0.15, 0.2) is 72.6 Å². The minimum absolute atomic E-state index is 1.14. The van der Waals surface area contributed by atoms with Crippen molar-refractivity contribution in [1.29, 1.82) is 0 Å².